The third kappa shape index (κ3) is 2.57. The molecule has 0 N–H and O–H groups in total. The summed E-state index contributed by atoms with van der Waals surface area (Å²) < 4.78 is 5.91. The Morgan fingerprint density at radius 2 is 1.86 bits per heavy atom. The van der Waals surface area contributed by atoms with E-state index in [1.807, 2.05) is 24.3 Å². The van der Waals surface area contributed by atoms with Gasteiger partial charge in [0.15, 0.2) is 11.5 Å². The third-order valence-electron chi connectivity index (χ3n) is 4.18. The van der Waals surface area contributed by atoms with E-state index in [4.69, 9.17) is 4.42 Å². The minimum Gasteiger partial charge on any atom is -0.440 e. The molecule has 3 aromatic rings. The quantitative estimate of drug-likeness (QED) is 0.729. The van der Waals surface area contributed by atoms with Gasteiger partial charge in [-0.1, -0.05) is 42.5 Å². The summed E-state index contributed by atoms with van der Waals surface area (Å²) in [7, 11) is 0. The summed E-state index contributed by atoms with van der Waals surface area (Å²) in [5.41, 5.74) is 3.23. The summed E-state index contributed by atoms with van der Waals surface area (Å²) in [6, 6.07) is 18.6. The molecule has 1 saturated heterocycles. The predicted molar refractivity (Wildman–Crippen MR) is 83.1 cm³/mol. The van der Waals surface area contributed by atoms with Gasteiger partial charge >= 0.3 is 0 Å². The number of nitrogens with zero attached hydrogens (tertiary/aromatic N) is 2. The molecule has 106 valence electrons. The number of fused-ring (bicyclic) bond motifs is 1. The molecule has 0 radical (unpaired) electrons. The van der Waals surface area contributed by atoms with Crippen LogP contribution in [0.15, 0.2) is 59.0 Å². The Bertz CT molecular complexity index is 702. The molecule has 0 amide bonds. The van der Waals surface area contributed by atoms with Gasteiger partial charge in [0.25, 0.3) is 0 Å². The van der Waals surface area contributed by atoms with Crippen molar-refractivity contribution in [2.24, 2.45) is 0 Å². The van der Waals surface area contributed by atoms with Crippen LogP contribution < -0.4 is 0 Å². The van der Waals surface area contributed by atoms with Crippen molar-refractivity contribution in [3.8, 4) is 0 Å². The summed E-state index contributed by atoms with van der Waals surface area (Å²) in [4.78, 5) is 7.12. The third-order valence-corrected chi connectivity index (χ3v) is 4.18. The highest BCUT2D eigenvalue weighted by molar-refractivity contribution is 5.72. The summed E-state index contributed by atoms with van der Waals surface area (Å²) in [5, 5.41) is 0. The summed E-state index contributed by atoms with van der Waals surface area (Å²) in [5.74, 6) is 1.31. The Kier molecular flexibility index (Phi) is 3.20. The number of rotatable bonds is 3. The molecule has 2 aromatic carbocycles. The van der Waals surface area contributed by atoms with Gasteiger partial charge in [0.2, 0.25) is 0 Å². The van der Waals surface area contributed by atoms with E-state index in [1.54, 1.807) is 0 Å². The molecule has 1 atom stereocenters. The molecule has 0 bridgehead atoms. The van der Waals surface area contributed by atoms with Gasteiger partial charge in [-0.3, -0.25) is 4.90 Å². The number of hydrogen-bond acceptors (Lipinski definition) is 3. The second kappa shape index (κ2) is 5.34. The first-order valence-corrected chi connectivity index (χ1v) is 7.50. The Balaban J connectivity index is 1.48. The zero-order valence-corrected chi connectivity index (χ0v) is 11.9. The second-order valence-electron chi connectivity index (χ2n) is 5.73. The van der Waals surface area contributed by atoms with Crippen molar-refractivity contribution in [2.75, 3.05) is 13.1 Å². The maximum Gasteiger partial charge on any atom is 0.199 e. The van der Waals surface area contributed by atoms with Crippen molar-refractivity contribution in [1.29, 1.82) is 0 Å². The second-order valence-corrected chi connectivity index (χ2v) is 5.73. The fourth-order valence-electron chi connectivity index (χ4n) is 3.08. The molecule has 0 saturated carbocycles. The van der Waals surface area contributed by atoms with Crippen LogP contribution in [-0.2, 0) is 6.54 Å². The van der Waals surface area contributed by atoms with Crippen molar-refractivity contribution >= 4 is 11.1 Å². The highest BCUT2D eigenvalue weighted by atomic mass is 16.3. The van der Waals surface area contributed by atoms with Gasteiger partial charge in [0.1, 0.15) is 5.52 Å². The molecule has 0 unspecified atom stereocenters. The normalized spacial score (nSPS) is 19.3. The van der Waals surface area contributed by atoms with Crippen molar-refractivity contribution in [2.45, 2.75) is 18.9 Å². The number of hydrogen-bond donors (Lipinski definition) is 0. The lowest BCUT2D eigenvalue weighted by Crippen LogP contribution is -2.19. The maximum absolute atomic E-state index is 5.91. The maximum atomic E-state index is 5.91. The van der Waals surface area contributed by atoms with Crippen molar-refractivity contribution in [3.05, 3.63) is 66.1 Å². The highest BCUT2D eigenvalue weighted by Crippen LogP contribution is 2.29. The predicted octanol–water partition coefficient (Wildman–Crippen LogP) is 3.82. The van der Waals surface area contributed by atoms with Crippen molar-refractivity contribution < 1.29 is 4.42 Å². The molecule has 0 aliphatic carbocycles. The molecule has 21 heavy (non-hydrogen) atoms. The Labute approximate surface area is 124 Å². The van der Waals surface area contributed by atoms with E-state index in [2.05, 4.69) is 40.2 Å². The Hall–Kier alpha value is -2.13. The number of oxazole rings is 1. The van der Waals surface area contributed by atoms with Gasteiger partial charge < -0.3 is 4.42 Å². The lowest BCUT2D eigenvalue weighted by Gasteiger charge is -2.15. The summed E-state index contributed by atoms with van der Waals surface area (Å²) in [6.45, 7) is 3.15. The molecular weight excluding hydrogens is 260 g/mol. The minimum atomic E-state index is 0.418. The van der Waals surface area contributed by atoms with Crippen LogP contribution >= 0.6 is 0 Å². The molecule has 3 heteroatoms. The number of para-hydroxylation sites is 2. The topological polar surface area (TPSA) is 29.3 Å². The molecule has 1 aliphatic rings. The average molecular weight is 278 g/mol. The molecule has 0 spiro atoms. The van der Waals surface area contributed by atoms with Crippen LogP contribution in [0.3, 0.4) is 0 Å². The first kappa shape index (κ1) is 12.6. The largest absolute Gasteiger partial charge is 0.440 e. The zero-order chi connectivity index (χ0) is 14.1. The van der Waals surface area contributed by atoms with Crippen LogP contribution in [0.2, 0.25) is 0 Å². The van der Waals surface area contributed by atoms with Crippen LogP contribution in [0, 0.1) is 0 Å². The van der Waals surface area contributed by atoms with Crippen molar-refractivity contribution in [1.82, 2.24) is 9.88 Å². The number of aromatic nitrogens is 1. The molecular formula is C18H18N2O. The Morgan fingerprint density at radius 3 is 2.71 bits per heavy atom. The number of likely N-dealkylation sites (tertiary alicyclic amines) is 1. The van der Waals surface area contributed by atoms with E-state index in [0.717, 1.165) is 43.0 Å². The standard InChI is InChI=1S/C18H18N2O/c1-2-6-14(7-3-1)12-20-11-10-15(13-20)18-19-16-8-4-5-9-17(16)21-18/h1-9,15H,10-13H2/t15-/m0/s1. The molecule has 1 fully saturated rings. The van der Waals surface area contributed by atoms with E-state index < -0.39 is 0 Å². The fourth-order valence-corrected chi connectivity index (χ4v) is 3.08. The van der Waals surface area contributed by atoms with Crippen LogP contribution in [0.25, 0.3) is 11.1 Å². The van der Waals surface area contributed by atoms with E-state index in [9.17, 15) is 0 Å². The smallest absolute Gasteiger partial charge is 0.199 e. The van der Waals surface area contributed by atoms with Crippen LogP contribution in [0.4, 0.5) is 0 Å². The summed E-state index contributed by atoms with van der Waals surface area (Å²) >= 11 is 0. The van der Waals surface area contributed by atoms with Gasteiger partial charge in [0, 0.05) is 19.0 Å². The average Bonchev–Trinajstić information content (AvgIpc) is 3.14. The van der Waals surface area contributed by atoms with E-state index in [0.29, 0.717) is 5.92 Å². The monoisotopic (exact) mass is 278 g/mol. The lowest BCUT2D eigenvalue weighted by molar-refractivity contribution is 0.321. The summed E-state index contributed by atoms with van der Waals surface area (Å²) in [6.07, 6.45) is 1.12. The van der Waals surface area contributed by atoms with Gasteiger partial charge in [-0.05, 0) is 30.7 Å². The number of benzene rings is 2. The van der Waals surface area contributed by atoms with Crippen LogP contribution in [-0.4, -0.2) is 23.0 Å². The van der Waals surface area contributed by atoms with E-state index >= 15 is 0 Å². The van der Waals surface area contributed by atoms with Crippen LogP contribution in [0.5, 0.6) is 0 Å². The van der Waals surface area contributed by atoms with Crippen LogP contribution in [0.1, 0.15) is 23.8 Å². The SMILES string of the molecule is c1ccc(CN2CC[C@H](c3nc4ccccc4o3)C2)cc1. The molecule has 2 heterocycles. The van der Waals surface area contributed by atoms with E-state index in [1.165, 1.54) is 5.56 Å². The molecule has 3 nitrogen and oxygen atoms in total. The first-order chi connectivity index (χ1) is 10.4. The van der Waals surface area contributed by atoms with Gasteiger partial charge in [-0.25, -0.2) is 4.98 Å². The first-order valence-electron chi connectivity index (χ1n) is 7.50. The van der Waals surface area contributed by atoms with Gasteiger partial charge in [-0.2, -0.15) is 0 Å². The van der Waals surface area contributed by atoms with E-state index in [-0.39, 0.29) is 0 Å². The minimum absolute atomic E-state index is 0.418. The zero-order valence-electron chi connectivity index (χ0n) is 11.9. The van der Waals surface area contributed by atoms with Gasteiger partial charge in [0.05, 0.1) is 0 Å². The lowest BCUT2D eigenvalue weighted by atomic mass is 10.1. The van der Waals surface area contributed by atoms with Crippen molar-refractivity contribution in [3.63, 3.8) is 0 Å². The molecule has 1 aliphatic heterocycles. The molecule has 4 rings (SSSR count). The molecule has 1 aromatic heterocycles. The highest BCUT2D eigenvalue weighted by Gasteiger charge is 2.27. The van der Waals surface area contributed by atoms with Gasteiger partial charge in [-0.15, -0.1) is 0 Å². The Morgan fingerprint density at radius 1 is 1.05 bits per heavy atom. The fraction of sp³-hybridized carbons (Fsp3) is 0.278.